The summed E-state index contributed by atoms with van der Waals surface area (Å²) < 4.78 is 10.5. The van der Waals surface area contributed by atoms with Crippen LogP contribution < -0.4 is 4.74 Å². The number of carbonyl (C=O) groups is 1. The summed E-state index contributed by atoms with van der Waals surface area (Å²) in [5, 5.41) is 0. The molecule has 1 heterocycles. The van der Waals surface area contributed by atoms with E-state index in [2.05, 4.69) is 4.90 Å². The topological polar surface area (TPSA) is 38.8 Å². The predicted octanol–water partition coefficient (Wildman–Crippen LogP) is 2.39. The van der Waals surface area contributed by atoms with Crippen LogP contribution in [0.4, 0.5) is 0 Å². The Morgan fingerprint density at radius 2 is 2.00 bits per heavy atom. The van der Waals surface area contributed by atoms with Crippen molar-refractivity contribution in [2.24, 2.45) is 5.92 Å². The molecular weight excluding hydrogens is 278 g/mol. The number of allylic oxidation sites excluding steroid dienone is 1. The molecule has 1 atom stereocenters. The molecule has 1 saturated heterocycles. The van der Waals surface area contributed by atoms with Crippen LogP contribution in [0, 0.1) is 5.92 Å². The van der Waals surface area contributed by atoms with Crippen molar-refractivity contribution in [1.29, 1.82) is 0 Å². The normalized spacial score (nSPS) is 24.9. The van der Waals surface area contributed by atoms with Gasteiger partial charge in [-0.25, -0.2) is 0 Å². The zero-order valence-corrected chi connectivity index (χ0v) is 13.1. The van der Waals surface area contributed by atoms with Gasteiger partial charge in [-0.15, -0.1) is 0 Å². The van der Waals surface area contributed by atoms with Gasteiger partial charge in [0.2, 0.25) is 0 Å². The second-order valence-corrected chi connectivity index (χ2v) is 5.96. The number of methoxy groups -OCH3 is 1. The molecule has 1 aliphatic heterocycles. The van der Waals surface area contributed by atoms with E-state index in [-0.39, 0.29) is 5.92 Å². The Labute approximate surface area is 131 Å². The summed E-state index contributed by atoms with van der Waals surface area (Å²) in [4.78, 5) is 14.9. The van der Waals surface area contributed by atoms with Crippen LogP contribution >= 0.6 is 0 Å². The van der Waals surface area contributed by atoms with Gasteiger partial charge in [0.1, 0.15) is 5.75 Å². The summed E-state index contributed by atoms with van der Waals surface area (Å²) >= 11 is 0. The molecule has 2 aliphatic rings. The maximum absolute atomic E-state index is 12.6. The lowest BCUT2D eigenvalue weighted by Crippen LogP contribution is -2.40. The Morgan fingerprint density at radius 3 is 2.68 bits per heavy atom. The molecule has 118 valence electrons. The van der Waals surface area contributed by atoms with Gasteiger partial charge in [-0.05, 0) is 42.2 Å². The lowest BCUT2D eigenvalue weighted by atomic mass is 10.0. The zero-order valence-electron chi connectivity index (χ0n) is 13.1. The Balaban J connectivity index is 1.63. The third-order valence-electron chi connectivity index (χ3n) is 4.49. The van der Waals surface area contributed by atoms with Crippen molar-refractivity contribution >= 4 is 11.9 Å². The lowest BCUT2D eigenvalue weighted by Gasteiger charge is -2.28. The van der Waals surface area contributed by atoms with Crippen molar-refractivity contribution in [2.45, 2.75) is 12.8 Å². The van der Waals surface area contributed by atoms with E-state index in [0.717, 1.165) is 62.6 Å². The number of hydrogen-bond acceptors (Lipinski definition) is 4. The molecule has 0 bridgehead atoms. The maximum Gasteiger partial charge on any atom is 0.163 e. The maximum atomic E-state index is 12.6. The van der Waals surface area contributed by atoms with Gasteiger partial charge in [0.15, 0.2) is 5.78 Å². The first kappa shape index (κ1) is 15.3. The number of carbonyl (C=O) groups excluding carboxylic acids is 1. The molecule has 4 nitrogen and oxygen atoms in total. The summed E-state index contributed by atoms with van der Waals surface area (Å²) in [6, 6.07) is 7.84. The van der Waals surface area contributed by atoms with Crippen molar-refractivity contribution in [3.63, 3.8) is 0 Å². The van der Waals surface area contributed by atoms with E-state index in [4.69, 9.17) is 9.47 Å². The highest BCUT2D eigenvalue weighted by molar-refractivity contribution is 6.03. The summed E-state index contributed by atoms with van der Waals surface area (Å²) in [5.74, 6) is 1.31. The number of ether oxygens (including phenoxy) is 2. The molecule has 0 spiro atoms. The van der Waals surface area contributed by atoms with Gasteiger partial charge in [0.25, 0.3) is 0 Å². The van der Waals surface area contributed by atoms with Gasteiger partial charge in [0.05, 0.1) is 20.3 Å². The van der Waals surface area contributed by atoms with E-state index in [9.17, 15) is 4.79 Å². The number of morpholine rings is 1. The van der Waals surface area contributed by atoms with E-state index < -0.39 is 0 Å². The van der Waals surface area contributed by atoms with Crippen LogP contribution in [0.15, 0.2) is 29.8 Å². The fourth-order valence-electron chi connectivity index (χ4n) is 3.16. The van der Waals surface area contributed by atoms with E-state index in [0.29, 0.717) is 5.78 Å². The second-order valence-electron chi connectivity index (χ2n) is 5.96. The van der Waals surface area contributed by atoms with Crippen LogP contribution in [-0.4, -0.2) is 50.6 Å². The van der Waals surface area contributed by atoms with Crippen molar-refractivity contribution in [3.8, 4) is 5.75 Å². The lowest BCUT2D eigenvalue weighted by molar-refractivity contribution is -0.118. The van der Waals surface area contributed by atoms with Crippen molar-refractivity contribution in [2.75, 3.05) is 40.0 Å². The van der Waals surface area contributed by atoms with Gasteiger partial charge in [-0.2, -0.15) is 0 Å². The summed E-state index contributed by atoms with van der Waals surface area (Å²) in [6.45, 7) is 4.34. The van der Waals surface area contributed by atoms with E-state index >= 15 is 0 Å². The SMILES string of the molecule is COc1ccc(/C=C2/CC[C@@H](CN3CCOCC3)C2=O)cc1. The highest BCUT2D eigenvalue weighted by atomic mass is 16.5. The molecule has 0 N–H and O–H groups in total. The van der Waals surface area contributed by atoms with E-state index in [1.165, 1.54) is 0 Å². The Kier molecular flexibility index (Phi) is 4.90. The summed E-state index contributed by atoms with van der Waals surface area (Å²) in [5.41, 5.74) is 2.03. The molecule has 22 heavy (non-hydrogen) atoms. The van der Waals surface area contributed by atoms with E-state index in [1.807, 2.05) is 30.3 Å². The standard InChI is InChI=1S/C18H23NO3/c1-21-17-6-2-14(3-7-17)12-15-4-5-16(18(15)20)13-19-8-10-22-11-9-19/h2-3,6-7,12,16H,4-5,8-11,13H2,1H3/b15-12-/t16-/m0/s1. The van der Waals surface area contributed by atoms with Crippen molar-refractivity contribution in [3.05, 3.63) is 35.4 Å². The van der Waals surface area contributed by atoms with Gasteiger partial charge in [0, 0.05) is 25.6 Å². The van der Waals surface area contributed by atoms with Crippen LogP contribution in [0.1, 0.15) is 18.4 Å². The highest BCUT2D eigenvalue weighted by Crippen LogP contribution is 2.29. The number of ketones is 1. The molecule has 0 unspecified atom stereocenters. The molecular formula is C18H23NO3. The number of nitrogens with zero attached hydrogens (tertiary/aromatic N) is 1. The number of rotatable bonds is 4. The molecule has 1 saturated carbocycles. The van der Waals surface area contributed by atoms with Gasteiger partial charge >= 0.3 is 0 Å². The third-order valence-corrected chi connectivity index (χ3v) is 4.49. The minimum absolute atomic E-state index is 0.155. The monoisotopic (exact) mass is 301 g/mol. The van der Waals surface area contributed by atoms with Crippen LogP contribution in [0.5, 0.6) is 5.75 Å². The zero-order chi connectivity index (χ0) is 15.4. The van der Waals surface area contributed by atoms with Crippen LogP contribution in [0.3, 0.4) is 0 Å². The molecule has 0 aromatic heterocycles. The third kappa shape index (κ3) is 3.57. The Hall–Kier alpha value is -1.65. The molecule has 4 heteroatoms. The molecule has 0 amide bonds. The summed E-state index contributed by atoms with van der Waals surface area (Å²) in [7, 11) is 1.66. The predicted molar refractivity (Wildman–Crippen MR) is 86.0 cm³/mol. The quantitative estimate of drug-likeness (QED) is 0.801. The van der Waals surface area contributed by atoms with E-state index in [1.54, 1.807) is 7.11 Å². The molecule has 0 radical (unpaired) electrons. The Morgan fingerprint density at radius 1 is 1.27 bits per heavy atom. The number of Topliss-reactive ketones (excluding diaryl/α,β-unsaturated/α-hetero) is 1. The van der Waals surface area contributed by atoms with Crippen molar-refractivity contribution < 1.29 is 14.3 Å². The largest absolute Gasteiger partial charge is 0.497 e. The average molecular weight is 301 g/mol. The first-order valence-electron chi connectivity index (χ1n) is 7.95. The molecule has 2 fully saturated rings. The van der Waals surface area contributed by atoms with Crippen molar-refractivity contribution in [1.82, 2.24) is 4.90 Å². The Bertz CT molecular complexity index is 544. The van der Waals surface area contributed by atoms with Crippen LogP contribution in [0.25, 0.3) is 6.08 Å². The summed E-state index contributed by atoms with van der Waals surface area (Å²) in [6.07, 6.45) is 3.89. The molecule has 1 aromatic carbocycles. The van der Waals surface area contributed by atoms with Crippen LogP contribution in [-0.2, 0) is 9.53 Å². The van der Waals surface area contributed by atoms with Gasteiger partial charge in [-0.3, -0.25) is 9.69 Å². The average Bonchev–Trinajstić information content (AvgIpc) is 2.90. The first-order valence-corrected chi connectivity index (χ1v) is 7.95. The minimum atomic E-state index is 0.155. The number of hydrogen-bond donors (Lipinski definition) is 0. The highest BCUT2D eigenvalue weighted by Gasteiger charge is 2.30. The molecule has 3 rings (SSSR count). The van der Waals surface area contributed by atoms with Gasteiger partial charge < -0.3 is 9.47 Å². The molecule has 1 aromatic rings. The fraction of sp³-hybridized carbons (Fsp3) is 0.500. The minimum Gasteiger partial charge on any atom is -0.497 e. The fourth-order valence-corrected chi connectivity index (χ4v) is 3.16. The van der Waals surface area contributed by atoms with Crippen LogP contribution in [0.2, 0.25) is 0 Å². The molecule has 1 aliphatic carbocycles. The smallest absolute Gasteiger partial charge is 0.163 e. The number of benzene rings is 1. The van der Waals surface area contributed by atoms with Gasteiger partial charge in [-0.1, -0.05) is 12.1 Å². The first-order chi connectivity index (χ1) is 10.8. The second kappa shape index (κ2) is 7.07.